The zero-order chi connectivity index (χ0) is 14.9. The molecular formula is C14H18N2O3S. The largest absolute Gasteiger partial charge is 0.477 e. The Bertz CT molecular complexity index is 715. The van der Waals surface area contributed by atoms with Crippen molar-refractivity contribution in [3.05, 3.63) is 26.6 Å². The van der Waals surface area contributed by atoms with Crippen LogP contribution in [0.25, 0.3) is 10.2 Å². The molecule has 0 aliphatic carbocycles. The maximum Gasteiger partial charge on any atom is 0.346 e. The number of aromatic nitrogens is 2. The van der Waals surface area contributed by atoms with Gasteiger partial charge in [-0.05, 0) is 25.8 Å². The number of fused-ring (bicyclic) bond motifs is 1. The summed E-state index contributed by atoms with van der Waals surface area (Å²) < 4.78 is 1.66. The van der Waals surface area contributed by atoms with E-state index in [1.807, 2.05) is 0 Å². The van der Waals surface area contributed by atoms with Gasteiger partial charge in [0.05, 0.1) is 5.39 Å². The van der Waals surface area contributed by atoms with E-state index in [-0.39, 0.29) is 10.4 Å². The molecule has 0 aliphatic heterocycles. The third-order valence-corrected chi connectivity index (χ3v) is 4.59. The van der Waals surface area contributed by atoms with Crippen LogP contribution in [0.5, 0.6) is 0 Å². The number of carbonyl (C=O) groups is 1. The maximum absolute atomic E-state index is 12.5. The average Bonchev–Trinajstić information content (AvgIpc) is 2.70. The number of hydrogen-bond donors (Lipinski definition) is 1. The van der Waals surface area contributed by atoms with Crippen LogP contribution in [0.3, 0.4) is 0 Å². The Hall–Kier alpha value is -1.69. The van der Waals surface area contributed by atoms with Gasteiger partial charge in [0.1, 0.15) is 15.5 Å². The number of carboxylic acids is 1. The summed E-state index contributed by atoms with van der Waals surface area (Å²) in [5.41, 5.74) is 0.407. The molecule has 2 rings (SSSR count). The van der Waals surface area contributed by atoms with Crippen LogP contribution in [0.4, 0.5) is 0 Å². The smallest absolute Gasteiger partial charge is 0.346 e. The monoisotopic (exact) mass is 294 g/mol. The Balaban J connectivity index is 2.59. The van der Waals surface area contributed by atoms with Crippen LogP contribution in [-0.2, 0) is 6.54 Å². The molecule has 0 aromatic carbocycles. The highest BCUT2D eigenvalue weighted by atomic mass is 32.1. The predicted octanol–water partition coefficient (Wildman–Crippen LogP) is 2.96. The molecule has 0 radical (unpaired) electrons. The molecule has 0 bridgehead atoms. The van der Waals surface area contributed by atoms with Gasteiger partial charge in [0.2, 0.25) is 0 Å². The lowest BCUT2D eigenvalue weighted by molar-refractivity contribution is 0.0701. The molecule has 0 amide bonds. The fourth-order valence-corrected chi connectivity index (χ4v) is 3.36. The highest BCUT2D eigenvalue weighted by Gasteiger charge is 2.19. The summed E-state index contributed by atoms with van der Waals surface area (Å²) in [6, 6.07) is 0. The summed E-state index contributed by atoms with van der Waals surface area (Å²) in [5, 5.41) is 9.60. The summed E-state index contributed by atoms with van der Waals surface area (Å²) in [5.74, 6) is -0.350. The molecule has 0 fully saturated rings. The fraction of sp³-hybridized carbons (Fsp3) is 0.500. The molecule has 2 aromatic heterocycles. The number of nitrogens with zero attached hydrogens (tertiary/aromatic N) is 2. The molecule has 108 valence electrons. The topological polar surface area (TPSA) is 72.2 Å². The van der Waals surface area contributed by atoms with Crippen molar-refractivity contribution in [3.8, 4) is 0 Å². The minimum absolute atomic E-state index is 0.121. The zero-order valence-corrected chi connectivity index (χ0v) is 12.7. The maximum atomic E-state index is 12.5. The summed E-state index contributed by atoms with van der Waals surface area (Å²) >= 11 is 1.07. The Labute approximate surface area is 120 Å². The van der Waals surface area contributed by atoms with Gasteiger partial charge >= 0.3 is 5.97 Å². The summed E-state index contributed by atoms with van der Waals surface area (Å²) in [4.78, 5) is 28.8. The minimum Gasteiger partial charge on any atom is -0.477 e. The standard InChI is InChI=1S/C14H18N2O3S/c1-4-5-6-7-16-9(3)15-12-10(13(16)17)8(2)11(20-12)14(18)19/h4-7H2,1-3H3,(H,18,19). The number of thiophene rings is 1. The summed E-state index contributed by atoms with van der Waals surface area (Å²) in [7, 11) is 0. The molecule has 0 unspecified atom stereocenters. The van der Waals surface area contributed by atoms with E-state index in [1.54, 1.807) is 18.4 Å². The van der Waals surface area contributed by atoms with Gasteiger partial charge in [0, 0.05) is 6.54 Å². The van der Waals surface area contributed by atoms with Gasteiger partial charge < -0.3 is 5.11 Å². The van der Waals surface area contributed by atoms with E-state index in [0.29, 0.717) is 28.1 Å². The normalized spacial score (nSPS) is 11.2. The first kappa shape index (κ1) is 14.7. The van der Waals surface area contributed by atoms with Crippen molar-refractivity contribution in [2.24, 2.45) is 0 Å². The molecule has 0 saturated heterocycles. The van der Waals surface area contributed by atoms with Gasteiger partial charge in [-0.1, -0.05) is 19.8 Å². The van der Waals surface area contributed by atoms with Crippen molar-refractivity contribution in [2.45, 2.75) is 46.6 Å². The number of aromatic carboxylic acids is 1. The van der Waals surface area contributed by atoms with Crippen LogP contribution in [0.1, 0.15) is 47.2 Å². The molecule has 1 N–H and O–H groups in total. The first-order valence-electron chi connectivity index (χ1n) is 6.71. The minimum atomic E-state index is -1.000. The van der Waals surface area contributed by atoms with E-state index >= 15 is 0 Å². The highest BCUT2D eigenvalue weighted by molar-refractivity contribution is 7.20. The zero-order valence-electron chi connectivity index (χ0n) is 11.9. The van der Waals surface area contributed by atoms with E-state index in [9.17, 15) is 9.59 Å². The second-order valence-electron chi connectivity index (χ2n) is 4.86. The summed E-state index contributed by atoms with van der Waals surface area (Å²) in [6.07, 6.45) is 3.08. The lowest BCUT2D eigenvalue weighted by atomic mass is 10.2. The van der Waals surface area contributed by atoms with Gasteiger partial charge in [-0.25, -0.2) is 9.78 Å². The predicted molar refractivity (Wildman–Crippen MR) is 79.8 cm³/mol. The molecule has 2 aromatic rings. The van der Waals surface area contributed by atoms with Crippen molar-refractivity contribution < 1.29 is 9.90 Å². The van der Waals surface area contributed by atoms with Gasteiger partial charge in [-0.3, -0.25) is 9.36 Å². The van der Waals surface area contributed by atoms with Gasteiger partial charge in [-0.15, -0.1) is 11.3 Å². The Kier molecular flexibility index (Phi) is 4.23. The second-order valence-corrected chi connectivity index (χ2v) is 5.86. The molecular weight excluding hydrogens is 276 g/mol. The number of rotatable bonds is 5. The van der Waals surface area contributed by atoms with Crippen LogP contribution in [0.2, 0.25) is 0 Å². The van der Waals surface area contributed by atoms with Crippen molar-refractivity contribution in [3.63, 3.8) is 0 Å². The van der Waals surface area contributed by atoms with E-state index in [2.05, 4.69) is 11.9 Å². The Morgan fingerprint density at radius 1 is 1.35 bits per heavy atom. The number of aryl methyl sites for hydroxylation is 2. The number of carboxylic acid groups (broad SMARTS) is 1. The Morgan fingerprint density at radius 2 is 2.05 bits per heavy atom. The van der Waals surface area contributed by atoms with Crippen molar-refractivity contribution in [2.75, 3.05) is 0 Å². The first-order chi connectivity index (χ1) is 9.47. The SMILES string of the molecule is CCCCCn1c(C)nc2sc(C(=O)O)c(C)c2c1=O. The lowest BCUT2D eigenvalue weighted by Crippen LogP contribution is -2.24. The molecule has 0 atom stereocenters. The number of unbranched alkanes of at least 4 members (excludes halogenated alkanes) is 2. The van der Waals surface area contributed by atoms with Gasteiger partial charge in [0.15, 0.2) is 0 Å². The van der Waals surface area contributed by atoms with Crippen LogP contribution in [0.15, 0.2) is 4.79 Å². The fourth-order valence-electron chi connectivity index (χ4n) is 2.31. The van der Waals surface area contributed by atoms with Crippen LogP contribution in [-0.4, -0.2) is 20.6 Å². The van der Waals surface area contributed by atoms with Crippen LogP contribution >= 0.6 is 11.3 Å². The van der Waals surface area contributed by atoms with E-state index < -0.39 is 5.97 Å². The quantitative estimate of drug-likeness (QED) is 0.860. The molecule has 2 heterocycles. The van der Waals surface area contributed by atoms with E-state index in [1.165, 1.54) is 0 Å². The van der Waals surface area contributed by atoms with E-state index in [4.69, 9.17) is 5.11 Å². The van der Waals surface area contributed by atoms with Crippen molar-refractivity contribution in [1.82, 2.24) is 9.55 Å². The third-order valence-electron chi connectivity index (χ3n) is 3.42. The molecule has 6 heteroatoms. The first-order valence-corrected chi connectivity index (χ1v) is 7.52. The van der Waals surface area contributed by atoms with Gasteiger partial charge in [0.25, 0.3) is 5.56 Å². The molecule has 0 spiro atoms. The molecule has 5 nitrogen and oxygen atoms in total. The van der Waals surface area contributed by atoms with E-state index in [0.717, 1.165) is 30.6 Å². The van der Waals surface area contributed by atoms with Gasteiger partial charge in [-0.2, -0.15) is 0 Å². The molecule has 20 heavy (non-hydrogen) atoms. The molecule has 0 saturated carbocycles. The lowest BCUT2D eigenvalue weighted by Gasteiger charge is -2.09. The van der Waals surface area contributed by atoms with Crippen LogP contribution in [0, 0.1) is 13.8 Å². The average molecular weight is 294 g/mol. The van der Waals surface area contributed by atoms with Crippen molar-refractivity contribution >= 4 is 27.5 Å². The van der Waals surface area contributed by atoms with Crippen molar-refractivity contribution in [1.29, 1.82) is 0 Å². The number of hydrogen-bond acceptors (Lipinski definition) is 4. The highest BCUT2D eigenvalue weighted by Crippen LogP contribution is 2.27. The molecule has 0 aliphatic rings. The Morgan fingerprint density at radius 3 is 2.65 bits per heavy atom. The third kappa shape index (κ3) is 2.47. The summed E-state index contributed by atoms with van der Waals surface area (Å²) in [6.45, 7) is 6.22. The second kappa shape index (κ2) is 5.75. The van der Waals surface area contributed by atoms with Crippen LogP contribution < -0.4 is 5.56 Å².